The third kappa shape index (κ3) is 3.53. The van der Waals surface area contributed by atoms with Gasteiger partial charge in [-0.3, -0.25) is 0 Å². The van der Waals surface area contributed by atoms with Gasteiger partial charge in [-0.1, -0.05) is 60.7 Å². The molecule has 3 aromatic carbocycles. The van der Waals surface area contributed by atoms with Crippen molar-refractivity contribution in [3.63, 3.8) is 0 Å². The van der Waals surface area contributed by atoms with Crippen molar-refractivity contribution < 1.29 is 4.39 Å². The number of halogens is 1. The van der Waals surface area contributed by atoms with Crippen LogP contribution in [0, 0.1) is 17.1 Å². The van der Waals surface area contributed by atoms with E-state index < -0.39 is 0 Å². The van der Waals surface area contributed by atoms with Crippen LogP contribution in [0.15, 0.2) is 78.9 Å². The second-order valence-corrected chi connectivity index (χ2v) is 5.16. The van der Waals surface area contributed by atoms with Crippen molar-refractivity contribution in [2.45, 2.75) is 0 Å². The number of hydrogen-bond donors (Lipinski definition) is 0. The summed E-state index contributed by atoms with van der Waals surface area (Å²) in [7, 11) is 0. The number of nitriles is 1. The second-order valence-electron chi connectivity index (χ2n) is 5.16. The van der Waals surface area contributed by atoms with Crippen LogP contribution >= 0.6 is 0 Å². The largest absolute Gasteiger partial charge is 0.207 e. The maximum Gasteiger partial charge on any atom is 0.123 e. The van der Waals surface area contributed by atoms with E-state index >= 15 is 0 Å². The Labute approximate surface area is 134 Å². The Morgan fingerprint density at radius 2 is 1.65 bits per heavy atom. The van der Waals surface area contributed by atoms with Crippen molar-refractivity contribution in [3.05, 3.63) is 95.8 Å². The summed E-state index contributed by atoms with van der Waals surface area (Å²) in [6, 6.07) is 22.5. The molecule has 23 heavy (non-hydrogen) atoms. The third-order valence-electron chi connectivity index (χ3n) is 3.60. The molecule has 0 saturated carbocycles. The molecular weight excluding hydrogens is 285 g/mol. The summed E-state index contributed by atoms with van der Waals surface area (Å²) in [5.74, 6) is -0.258. The summed E-state index contributed by atoms with van der Waals surface area (Å²) in [6.07, 6.45) is 5.42. The number of nitrogens with zero attached hydrogens (tertiary/aromatic N) is 1. The zero-order valence-corrected chi connectivity index (χ0v) is 12.4. The van der Waals surface area contributed by atoms with Gasteiger partial charge < -0.3 is 0 Å². The van der Waals surface area contributed by atoms with Crippen LogP contribution in [0.2, 0.25) is 0 Å². The van der Waals surface area contributed by atoms with E-state index in [0.29, 0.717) is 5.57 Å². The summed E-state index contributed by atoms with van der Waals surface area (Å²) < 4.78 is 12.9. The predicted molar refractivity (Wildman–Crippen MR) is 93.0 cm³/mol. The molecule has 0 aliphatic carbocycles. The Morgan fingerprint density at radius 1 is 0.913 bits per heavy atom. The number of allylic oxidation sites excluding steroid dienone is 3. The zero-order valence-electron chi connectivity index (χ0n) is 12.4. The number of rotatable bonds is 3. The van der Waals surface area contributed by atoms with Crippen molar-refractivity contribution >= 4 is 22.4 Å². The summed E-state index contributed by atoms with van der Waals surface area (Å²) in [6.45, 7) is 0. The highest BCUT2D eigenvalue weighted by molar-refractivity contribution is 5.89. The lowest BCUT2D eigenvalue weighted by molar-refractivity contribution is 0.628. The van der Waals surface area contributed by atoms with Gasteiger partial charge in [0.15, 0.2) is 0 Å². The number of benzene rings is 3. The SMILES string of the molecule is N#C/C(=C\C=C\c1ccc(F)cc1)c1ccc2ccccc2c1. The van der Waals surface area contributed by atoms with Crippen LogP contribution in [-0.2, 0) is 0 Å². The van der Waals surface area contributed by atoms with Crippen LogP contribution in [0.1, 0.15) is 11.1 Å². The summed E-state index contributed by atoms with van der Waals surface area (Å²) in [5.41, 5.74) is 2.36. The molecule has 0 heterocycles. The first-order valence-corrected chi connectivity index (χ1v) is 7.29. The first kappa shape index (κ1) is 14.7. The molecule has 0 fully saturated rings. The Bertz CT molecular complexity index is 928. The Morgan fingerprint density at radius 3 is 2.39 bits per heavy atom. The van der Waals surface area contributed by atoms with Crippen LogP contribution in [0.25, 0.3) is 22.4 Å². The van der Waals surface area contributed by atoms with Crippen LogP contribution in [-0.4, -0.2) is 0 Å². The molecule has 0 aromatic heterocycles. The molecule has 3 aromatic rings. The van der Waals surface area contributed by atoms with Gasteiger partial charge >= 0.3 is 0 Å². The van der Waals surface area contributed by atoms with Crippen molar-refractivity contribution in [1.29, 1.82) is 5.26 Å². The normalized spacial score (nSPS) is 11.7. The molecule has 0 saturated heterocycles. The topological polar surface area (TPSA) is 23.8 Å². The van der Waals surface area contributed by atoms with Gasteiger partial charge in [0, 0.05) is 0 Å². The van der Waals surface area contributed by atoms with Crippen molar-refractivity contribution in [2.24, 2.45) is 0 Å². The van der Waals surface area contributed by atoms with Crippen LogP contribution in [0.5, 0.6) is 0 Å². The van der Waals surface area contributed by atoms with E-state index in [1.165, 1.54) is 12.1 Å². The maximum atomic E-state index is 12.9. The quantitative estimate of drug-likeness (QED) is 0.456. The molecule has 0 aliphatic heterocycles. The molecule has 0 aliphatic rings. The lowest BCUT2D eigenvalue weighted by atomic mass is 10.0. The fourth-order valence-electron chi connectivity index (χ4n) is 2.38. The summed E-state index contributed by atoms with van der Waals surface area (Å²) >= 11 is 0. The third-order valence-corrected chi connectivity index (χ3v) is 3.60. The zero-order chi connectivity index (χ0) is 16.1. The number of hydrogen-bond acceptors (Lipinski definition) is 1. The minimum atomic E-state index is -0.258. The van der Waals surface area contributed by atoms with Gasteiger partial charge in [0.25, 0.3) is 0 Å². The van der Waals surface area contributed by atoms with Crippen molar-refractivity contribution in [3.8, 4) is 6.07 Å². The van der Waals surface area contributed by atoms with E-state index in [-0.39, 0.29) is 5.82 Å². The second kappa shape index (κ2) is 6.72. The highest BCUT2D eigenvalue weighted by atomic mass is 19.1. The van der Waals surface area contributed by atoms with Gasteiger partial charge in [0.2, 0.25) is 0 Å². The van der Waals surface area contributed by atoms with Gasteiger partial charge in [0.1, 0.15) is 5.82 Å². The molecule has 0 spiro atoms. The number of fused-ring (bicyclic) bond motifs is 1. The fourth-order valence-corrected chi connectivity index (χ4v) is 2.38. The van der Waals surface area contributed by atoms with E-state index in [0.717, 1.165) is 21.9 Å². The molecule has 0 radical (unpaired) electrons. The maximum absolute atomic E-state index is 12.9. The van der Waals surface area contributed by atoms with Crippen LogP contribution < -0.4 is 0 Å². The monoisotopic (exact) mass is 299 g/mol. The molecular formula is C21H14FN. The van der Waals surface area contributed by atoms with E-state index in [4.69, 9.17) is 0 Å². The van der Waals surface area contributed by atoms with Gasteiger partial charge in [-0.05, 0) is 46.2 Å². The lowest BCUT2D eigenvalue weighted by Gasteiger charge is -2.01. The predicted octanol–water partition coefficient (Wildman–Crippen LogP) is 5.60. The van der Waals surface area contributed by atoms with Crippen LogP contribution in [0.3, 0.4) is 0 Å². The van der Waals surface area contributed by atoms with Crippen LogP contribution in [0.4, 0.5) is 4.39 Å². The van der Waals surface area contributed by atoms with Crippen molar-refractivity contribution in [2.75, 3.05) is 0 Å². The van der Waals surface area contributed by atoms with E-state index in [2.05, 4.69) is 6.07 Å². The molecule has 0 N–H and O–H groups in total. The van der Waals surface area contributed by atoms with E-state index in [1.54, 1.807) is 24.3 Å². The first-order valence-electron chi connectivity index (χ1n) is 7.29. The molecule has 1 nitrogen and oxygen atoms in total. The molecule has 3 rings (SSSR count). The molecule has 0 atom stereocenters. The molecule has 2 heteroatoms. The van der Waals surface area contributed by atoms with Gasteiger partial charge in [-0.2, -0.15) is 5.26 Å². The Balaban J connectivity index is 1.88. The lowest BCUT2D eigenvalue weighted by Crippen LogP contribution is -1.82. The van der Waals surface area contributed by atoms with Gasteiger partial charge in [-0.15, -0.1) is 0 Å². The standard InChI is InChI=1S/C21H14FN/c22-21-12-8-16(9-13-21)4-3-7-20(15-23)19-11-10-17-5-1-2-6-18(17)14-19/h1-14H/b4-3+,20-7+. The van der Waals surface area contributed by atoms with Gasteiger partial charge in [-0.25, -0.2) is 4.39 Å². The van der Waals surface area contributed by atoms with E-state index in [9.17, 15) is 9.65 Å². The minimum Gasteiger partial charge on any atom is -0.207 e. The highest BCUT2D eigenvalue weighted by Gasteiger charge is 2.01. The molecule has 0 unspecified atom stereocenters. The first-order chi connectivity index (χ1) is 11.3. The van der Waals surface area contributed by atoms with E-state index in [1.807, 2.05) is 48.5 Å². The van der Waals surface area contributed by atoms with Crippen molar-refractivity contribution in [1.82, 2.24) is 0 Å². The highest BCUT2D eigenvalue weighted by Crippen LogP contribution is 2.21. The summed E-state index contributed by atoms with van der Waals surface area (Å²) in [5, 5.41) is 11.6. The molecule has 110 valence electrons. The Hall–Kier alpha value is -3.18. The smallest absolute Gasteiger partial charge is 0.123 e. The minimum absolute atomic E-state index is 0.258. The average molecular weight is 299 g/mol. The fraction of sp³-hybridized carbons (Fsp3) is 0. The van der Waals surface area contributed by atoms with Gasteiger partial charge in [0.05, 0.1) is 11.6 Å². The summed E-state index contributed by atoms with van der Waals surface area (Å²) in [4.78, 5) is 0. The average Bonchev–Trinajstić information content (AvgIpc) is 2.60. The molecule has 0 amide bonds. The Kier molecular flexibility index (Phi) is 4.31. The molecule has 0 bridgehead atoms.